The molecule has 0 radical (unpaired) electrons. The number of hydrogen-bond donors (Lipinski definition) is 3. The van der Waals surface area contributed by atoms with Gasteiger partial charge in [0.1, 0.15) is 0 Å². The zero-order valence-electron chi connectivity index (χ0n) is 11.8. The van der Waals surface area contributed by atoms with Crippen LogP contribution in [0.4, 0.5) is 0 Å². The van der Waals surface area contributed by atoms with Crippen molar-refractivity contribution in [3.63, 3.8) is 0 Å². The van der Waals surface area contributed by atoms with Crippen LogP contribution in [0.5, 0.6) is 0 Å². The summed E-state index contributed by atoms with van der Waals surface area (Å²) in [5, 5.41) is 3.40. The summed E-state index contributed by atoms with van der Waals surface area (Å²) in [6.07, 6.45) is 0. The van der Waals surface area contributed by atoms with Crippen LogP contribution in [0, 0.1) is 0 Å². The fraction of sp³-hybridized carbons (Fsp3) is 0.500. The van der Waals surface area contributed by atoms with E-state index >= 15 is 0 Å². The van der Waals surface area contributed by atoms with E-state index in [1.165, 1.54) is 5.56 Å². The van der Waals surface area contributed by atoms with Crippen molar-refractivity contribution in [1.29, 1.82) is 0 Å². The molecule has 0 aliphatic carbocycles. The Morgan fingerprint density at radius 3 is 2.74 bits per heavy atom. The minimum Gasteiger partial charge on any atom is -0.313 e. The number of likely N-dealkylation sites (N-methyl/N-ethyl adjacent to an activating group) is 1. The average molecular weight is 262 g/mol. The number of aromatic nitrogens is 2. The molecule has 0 aliphatic rings. The number of H-pyrrole nitrogens is 2. The molecule has 5 heteroatoms. The molecule has 0 saturated carbocycles. The van der Waals surface area contributed by atoms with E-state index in [-0.39, 0.29) is 5.69 Å². The second-order valence-electron chi connectivity index (χ2n) is 5.31. The predicted molar refractivity (Wildman–Crippen MR) is 78.4 cm³/mol. The largest absolute Gasteiger partial charge is 0.323 e. The van der Waals surface area contributed by atoms with Crippen LogP contribution in [0.15, 0.2) is 23.0 Å². The van der Waals surface area contributed by atoms with E-state index in [0.29, 0.717) is 6.04 Å². The molecule has 0 spiro atoms. The summed E-state index contributed by atoms with van der Waals surface area (Å²) in [6.45, 7) is 7.16. The van der Waals surface area contributed by atoms with Gasteiger partial charge in [-0.05, 0) is 24.7 Å². The third-order valence-corrected chi connectivity index (χ3v) is 3.08. The molecule has 19 heavy (non-hydrogen) atoms. The minimum absolute atomic E-state index is 0.151. The predicted octanol–water partition coefficient (Wildman–Crippen LogP) is 1.29. The van der Waals surface area contributed by atoms with Crippen LogP contribution in [0.2, 0.25) is 0 Å². The van der Waals surface area contributed by atoms with Gasteiger partial charge in [0.05, 0.1) is 11.0 Å². The summed E-state index contributed by atoms with van der Waals surface area (Å²) >= 11 is 0. The maximum absolute atomic E-state index is 11.2. The summed E-state index contributed by atoms with van der Waals surface area (Å²) in [5.41, 5.74) is 2.78. The van der Waals surface area contributed by atoms with Crippen molar-refractivity contribution >= 4 is 11.0 Å². The van der Waals surface area contributed by atoms with E-state index < -0.39 is 0 Å². The van der Waals surface area contributed by atoms with Crippen molar-refractivity contribution in [2.45, 2.75) is 26.4 Å². The summed E-state index contributed by atoms with van der Waals surface area (Å²) in [5.74, 6) is 0. The van der Waals surface area contributed by atoms with Crippen LogP contribution in [0.3, 0.4) is 0 Å². The first-order valence-corrected chi connectivity index (χ1v) is 6.67. The standard InChI is InChI=1S/C14H22N4O/c1-10(2)15-6-7-18(3)9-11-4-5-12-13(8-11)17-14(19)16-12/h4-5,8,10,15H,6-7,9H2,1-3H3,(H2,16,17,19). The monoisotopic (exact) mass is 262 g/mol. The van der Waals surface area contributed by atoms with Gasteiger partial charge in [-0.15, -0.1) is 0 Å². The summed E-state index contributed by atoms with van der Waals surface area (Å²) in [7, 11) is 2.10. The molecule has 0 unspecified atom stereocenters. The molecule has 0 aliphatic heterocycles. The highest BCUT2D eigenvalue weighted by molar-refractivity contribution is 5.74. The van der Waals surface area contributed by atoms with E-state index in [1.807, 2.05) is 12.1 Å². The maximum Gasteiger partial charge on any atom is 0.323 e. The first kappa shape index (κ1) is 13.8. The minimum atomic E-state index is -0.151. The normalized spacial score (nSPS) is 11.8. The molecule has 5 nitrogen and oxygen atoms in total. The lowest BCUT2D eigenvalue weighted by atomic mass is 10.2. The number of imidazole rings is 1. The fourth-order valence-electron chi connectivity index (χ4n) is 2.11. The number of rotatable bonds is 6. The number of fused-ring (bicyclic) bond motifs is 1. The third-order valence-electron chi connectivity index (χ3n) is 3.08. The molecule has 2 rings (SSSR count). The molecule has 0 amide bonds. The van der Waals surface area contributed by atoms with Gasteiger partial charge in [-0.3, -0.25) is 0 Å². The Morgan fingerprint density at radius 2 is 2.00 bits per heavy atom. The molecule has 0 bridgehead atoms. The van der Waals surface area contributed by atoms with Gasteiger partial charge in [-0.25, -0.2) is 4.79 Å². The van der Waals surface area contributed by atoms with Gasteiger partial charge >= 0.3 is 5.69 Å². The van der Waals surface area contributed by atoms with Gasteiger partial charge in [-0.1, -0.05) is 19.9 Å². The molecule has 1 aromatic carbocycles. The van der Waals surface area contributed by atoms with Crippen molar-refractivity contribution in [3.05, 3.63) is 34.2 Å². The van der Waals surface area contributed by atoms with Gasteiger partial charge in [-0.2, -0.15) is 0 Å². The lowest BCUT2D eigenvalue weighted by Gasteiger charge is -2.18. The zero-order chi connectivity index (χ0) is 13.8. The average Bonchev–Trinajstić information content (AvgIpc) is 2.67. The van der Waals surface area contributed by atoms with Crippen molar-refractivity contribution in [1.82, 2.24) is 20.2 Å². The van der Waals surface area contributed by atoms with Crippen molar-refractivity contribution in [2.24, 2.45) is 0 Å². The quantitative estimate of drug-likeness (QED) is 0.735. The van der Waals surface area contributed by atoms with Crippen LogP contribution < -0.4 is 11.0 Å². The van der Waals surface area contributed by atoms with Gasteiger partial charge < -0.3 is 20.2 Å². The van der Waals surface area contributed by atoms with Gasteiger partial charge in [0, 0.05) is 25.7 Å². The lowest BCUT2D eigenvalue weighted by Crippen LogP contribution is -2.32. The van der Waals surface area contributed by atoms with E-state index in [9.17, 15) is 4.79 Å². The molecule has 1 aromatic heterocycles. The Morgan fingerprint density at radius 1 is 1.26 bits per heavy atom. The number of benzene rings is 1. The molecular formula is C14H22N4O. The van der Waals surface area contributed by atoms with Crippen molar-refractivity contribution in [3.8, 4) is 0 Å². The second kappa shape index (κ2) is 6.04. The van der Waals surface area contributed by atoms with Gasteiger partial charge in [0.25, 0.3) is 0 Å². The highest BCUT2D eigenvalue weighted by Gasteiger charge is 2.03. The van der Waals surface area contributed by atoms with Gasteiger partial charge in [0.2, 0.25) is 0 Å². The Hall–Kier alpha value is -1.59. The lowest BCUT2D eigenvalue weighted by molar-refractivity contribution is 0.320. The van der Waals surface area contributed by atoms with Crippen molar-refractivity contribution in [2.75, 3.05) is 20.1 Å². The smallest absolute Gasteiger partial charge is 0.313 e. The molecule has 1 heterocycles. The molecule has 0 fully saturated rings. The Labute approximate surface area is 113 Å². The van der Waals surface area contributed by atoms with Crippen LogP contribution in [0.25, 0.3) is 11.0 Å². The molecule has 104 valence electrons. The highest BCUT2D eigenvalue weighted by atomic mass is 16.1. The van der Waals surface area contributed by atoms with Crippen LogP contribution in [-0.4, -0.2) is 41.0 Å². The SMILES string of the molecule is CC(C)NCCN(C)Cc1ccc2[nH]c(=O)[nH]c2c1. The number of hydrogen-bond acceptors (Lipinski definition) is 3. The Kier molecular flexibility index (Phi) is 4.39. The number of aromatic amines is 2. The molecule has 0 saturated heterocycles. The first-order valence-electron chi connectivity index (χ1n) is 6.67. The second-order valence-corrected chi connectivity index (χ2v) is 5.31. The Balaban J connectivity index is 1.94. The van der Waals surface area contributed by atoms with Crippen molar-refractivity contribution < 1.29 is 0 Å². The molecular weight excluding hydrogens is 240 g/mol. The van der Waals surface area contributed by atoms with E-state index in [4.69, 9.17) is 0 Å². The Bertz CT molecular complexity index is 584. The van der Waals surface area contributed by atoms with Crippen LogP contribution >= 0.6 is 0 Å². The first-order chi connectivity index (χ1) is 9.04. The summed E-state index contributed by atoms with van der Waals surface area (Å²) in [6, 6.07) is 6.55. The number of nitrogens with zero attached hydrogens (tertiary/aromatic N) is 1. The fourth-order valence-corrected chi connectivity index (χ4v) is 2.11. The van der Waals surface area contributed by atoms with E-state index in [1.54, 1.807) is 0 Å². The number of nitrogens with one attached hydrogen (secondary N) is 3. The van der Waals surface area contributed by atoms with Crippen LogP contribution in [-0.2, 0) is 6.54 Å². The van der Waals surface area contributed by atoms with E-state index in [2.05, 4.69) is 47.1 Å². The van der Waals surface area contributed by atoms with Gasteiger partial charge in [0.15, 0.2) is 0 Å². The van der Waals surface area contributed by atoms with E-state index in [0.717, 1.165) is 30.7 Å². The summed E-state index contributed by atoms with van der Waals surface area (Å²) < 4.78 is 0. The molecule has 3 N–H and O–H groups in total. The topological polar surface area (TPSA) is 63.9 Å². The highest BCUT2D eigenvalue weighted by Crippen LogP contribution is 2.11. The molecule has 0 atom stereocenters. The summed E-state index contributed by atoms with van der Waals surface area (Å²) in [4.78, 5) is 19.0. The third kappa shape index (κ3) is 3.94. The maximum atomic E-state index is 11.2. The van der Waals surface area contributed by atoms with Crippen LogP contribution in [0.1, 0.15) is 19.4 Å². The zero-order valence-corrected chi connectivity index (χ0v) is 11.8. The molecule has 2 aromatic rings.